The van der Waals surface area contributed by atoms with Crippen molar-refractivity contribution in [2.24, 2.45) is 5.73 Å². The van der Waals surface area contributed by atoms with E-state index in [1.165, 1.54) is 18.4 Å². The number of para-hydroxylation sites is 1. The van der Waals surface area contributed by atoms with Gasteiger partial charge in [-0.15, -0.1) is 0 Å². The number of hydrogen-bond donors (Lipinski definition) is 1. The summed E-state index contributed by atoms with van der Waals surface area (Å²) < 4.78 is 5.29. The van der Waals surface area contributed by atoms with Crippen molar-refractivity contribution in [3.63, 3.8) is 0 Å². The van der Waals surface area contributed by atoms with Crippen molar-refractivity contribution in [1.82, 2.24) is 0 Å². The predicted octanol–water partition coefficient (Wildman–Crippen LogP) is 2.12. The Hall–Kier alpha value is -1.02. The van der Waals surface area contributed by atoms with Crippen molar-refractivity contribution in [2.45, 2.75) is 31.2 Å². The molecular weight excluding hydrogens is 174 g/mol. The lowest BCUT2D eigenvalue weighted by Gasteiger charge is -2.11. The molecule has 0 saturated heterocycles. The summed E-state index contributed by atoms with van der Waals surface area (Å²) in [7, 11) is 1.72. The van der Waals surface area contributed by atoms with Gasteiger partial charge in [0.2, 0.25) is 0 Å². The Kier molecular flexibility index (Phi) is 2.46. The lowest BCUT2D eigenvalue weighted by Crippen LogP contribution is -2.22. The summed E-state index contributed by atoms with van der Waals surface area (Å²) >= 11 is 0. The van der Waals surface area contributed by atoms with Crippen LogP contribution < -0.4 is 10.5 Å². The molecule has 1 aliphatic carbocycles. The molecule has 2 heteroatoms. The molecule has 0 unspecified atom stereocenters. The minimum absolute atomic E-state index is 0.140. The molecule has 0 aliphatic heterocycles. The molecule has 1 saturated carbocycles. The van der Waals surface area contributed by atoms with E-state index in [1.54, 1.807) is 7.11 Å². The SMILES string of the molecule is COc1ccccc1CCC1(N)CC1. The summed E-state index contributed by atoms with van der Waals surface area (Å²) in [6, 6.07) is 8.17. The second-order valence-corrected chi connectivity index (χ2v) is 4.17. The summed E-state index contributed by atoms with van der Waals surface area (Å²) in [5.41, 5.74) is 7.45. The first kappa shape index (κ1) is 9.53. The second-order valence-electron chi connectivity index (χ2n) is 4.17. The van der Waals surface area contributed by atoms with E-state index in [1.807, 2.05) is 18.2 Å². The van der Waals surface area contributed by atoms with Crippen molar-refractivity contribution in [3.05, 3.63) is 29.8 Å². The van der Waals surface area contributed by atoms with E-state index in [9.17, 15) is 0 Å². The summed E-state index contributed by atoms with van der Waals surface area (Å²) in [6.45, 7) is 0. The molecule has 14 heavy (non-hydrogen) atoms. The van der Waals surface area contributed by atoms with Crippen LogP contribution >= 0.6 is 0 Å². The summed E-state index contributed by atoms with van der Waals surface area (Å²) in [6.07, 6.45) is 4.47. The van der Waals surface area contributed by atoms with Crippen molar-refractivity contribution in [2.75, 3.05) is 7.11 Å². The molecule has 2 nitrogen and oxygen atoms in total. The van der Waals surface area contributed by atoms with Crippen LogP contribution in [0.4, 0.5) is 0 Å². The van der Waals surface area contributed by atoms with Gasteiger partial charge in [-0.2, -0.15) is 0 Å². The van der Waals surface area contributed by atoms with Gasteiger partial charge in [0.05, 0.1) is 7.11 Å². The standard InChI is InChI=1S/C12H17NO/c1-14-11-5-3-2-4-10(11)6-7-12(13)8-9-12/h2-5H,6-9,13H2,1H3. The van der Waals surface area contributed by atoms with Crippen LogP contribution in [-0.2, 0) is 6.42 Å². The molecule has 2 rings (SSSR count). The van der Waals surface area contributed by atoms with Gasteiger partial charge in [0, 0.05) is 5.54 Å². The zero-order valence-electron chi connectivity index (χ0n) is 8.62. The van der Waals surface area contributed by atoms with Gasteiger partial charge in [0.25, 0.3) is 0 Å². The van der Waals surface area contributed by atoms with Crippen molar-refractivity contribution in [3.8, 4) is 5.75 Å². The van der Waals surface area contributed by atoms with Gasteiger partial charge in [0.15, 0.2) is 0 Å². The van der Waals surface area contributed by atoms with Crippen LogP contribution in [0.15, 0.2) is 24.3 Å². The van der Waals surface area contributed by atoms with Gasteiger partial charge in [-0.25, -0.2) is 0 Å². The largest absolute Gasteiger partial charge is 0.496 e. The van der Waals surface area contributed by atoms with Crippen LogP contribution in [0.25, 0.3) is 0 Å². The molecule has 0 bridgehead atoms. The Morgan fingerprint density at radius 3 is 2.71 bits per heavy atom. The van der Waals surface area contributed by atoms with E-state index < -0.39 is 0 Å². The molecule has 0 radical (unpaired) electrons. The number of benzene rings is 1. The Morgan fingerprint density at radius 1 is 1.36 bits per heavy atom. The topological polar surface area (TPSA) is 35.2 Å². The van der Waals surface area contributed by atoms with Crippen molar-refractivity contribution < 1.29 is 4.74 Å². The minimum Gasteiger partial charge on any atom is -0.496 e. The Labute approximate surface area is 85.1 Å². The molecule has 0 heterocycles. The Morgan fingerprint density at radius 2 is 2.07 bits per heavy atom. The van der Waals surface area contributed by atoms with Crippen LogP contribution in [0.5, 0.6) is 5.75 Å². The lowest BCUT2D eigenvalue weighted by molar-refractivity contribution is 0.408. The molecule has 1 fully saturated rings. The third-order valence-corrected chi connectivity index (χ3v) is 2.98. The van der Waals surface area contributed by atoms with E-state index in [4.69, 9.17) is 10.5 Å². The van der Waals surface area contributed by atoms with E-state index in [-0.39, 0.29) is 5.54 Å². The number of hydrogen-bond acceptors (Lipinski definition) is 2. The van der Waals surface area contributed by atoms with Crippen LogP contribution in [0.2, 0.25) is 0 Å². The van der Waals surface area contributed by atoms with Gasteiger partial charge in [-0.1, -0.05) is 18.2 Å². The van der Waals surface area contributed by atoms with Crippen LogP contribution in [-0.4, -0.2) is 12.6 Å². The highest BCUT2D eigenvalue weighted by Gasteiger charge is 2.37. The molecule has 1 aliphatic rings. The maximum atomic E-state index is 6.05. The van der Waals surface area contributed by atoms with E-state index >= 15 is 0 Å². The molecule has 1 aromatic rings. The number of aryl methyl sites for hydroxylation is 1. The fourth-order valence-electron chi connectivity index (χ4n) is 1.70. The predicted molar refractivity (Wildman–Crippen MR) is 57.5 cm³/mol. The maximum absolute atomic E-state index is 6.05. The fourth-order valence-corrected chi connectivity index (χ4v) is 1.70. The van der Waals surface area contributed by atoms with Crippen LogP contribution in [0.1, 0.15) is 24.8 Å². The maximum Gasteiger partial charge on any atom is 0.122 e. The number of rotatable bonds is 4. The highest BCUT2D eigenvalue weighted by molar-refractivity contribution is 5.33. The summed E-state index contributed by atoms with van der Waals surface area (Å²) in [4.78, 5) is 0. The van der Waals surface area contributed by atoms with Crippen LogP contribution in [0, 0.1) is 0 Å². The smallest absolute Gasteiger partial charge is 0.122 e. The van der Waals surface area contributed by atoms with E-state index in [0.717, 1.165) is 18.6 Å². The van der Waals surface area contributed by atoms with Gasteiger partial charge >= 0.3 is 0 Å². The molecule has 0 aromatic heterocycles. The molecular formula is C12H17NO. The summed E-state index contributed by atoms with van der Waals surface area (Å²) in [5.74, 6) is 0.983. The minimum atomic E-state index is 0.140. The van der Waals surface area contributed by atoms with E-state index in [2.05, 4.69) is 6.07 Å². The van der Waals surface area contributed by atoms with Gasteiger partial charge in [-0.3, -0.25) is 0 Å². The Balaban J connectivity index is 2.00. The zero-order valence-corrected chi connectivity index (χ0v) is 8.62. The monoisotopic (exact) mass is 191 g/mol. The lowest BCUT2D eigenvalue weighted by atomic mass is 10.0. The fraction of sp³-hybridized carbons (Fsp3) is 0.500. The molecule has 0 amide bonds. The first-order valence-corrected chi connectivity index (χ1v) is 5.14. The van der Waals surface area contributed by atoms with Crippen molar-refractivity contribution in [1.29, 1.82) is 0 Å². The molecule has 0 atom stereocenters. The number of ether oxygens (including phenoxy) is 1. The average Bonchev–Trinajstić information content (AvgIpc) is 2.95. The molecule has 1 aromatic carbocycles. The van der Waals surface area contributed by atoms with Crippen molar-refractivity contribution >= 4 is 0 Å². The van der Waals surface area contributed by atoms with Crippen LogP contribution in [0.3, 0.4) is 0 Å². The summed E-state index contributed by atoms with van der Waals surface area (Å²) in [5, 5.41) is 0. The third-order valence-electron chi connectivity index (χ3n) is 2.98. The normalized spacial score (nSPS) is 17.9. The van der Waals surface area contributed by atoms with Gasteiger partial charge in [-0.05, 0) is 37.3 Å². The van der Waals surface area contributed by atoms with Gasteiger partial charge in [0.1, 0.15) is 5.75 Å². The quantitative estimate of drug-likeness (QED) is 0.791. The highest BCUT2D eigenvalue weighted by Crippen LogP contribution is 2.37. The molecule has 0 spiro atoms. The first-order chi connectivity index (χ1) is 6.73. The average molecular weight is 191 g/mol. The van der Waals surface area contributed by atoms with E-state index in [0.29, 0.717) is 0 Å². The third kappa shape index (κ3) is 2.07. The highest BCUT2D eigenvalue weighted by atomic mass is 16.5. The number of methoxy groups -OCH3 is 1. The Bertz CT molecular complexity index is 318. The molecule has 76 valence electrons. The first-order valence-electron chi connectivity index (χ1n) is 5.14. The van der Waals surface area contributed by atoms with Gasteiger partial charge < -0.3 is 10.5 Å². The second kappa shape index (κ2) is 3.62. The zero-order chi connectivity index (χ0) is 10.0. The molecule has 2 N–H and O–H groups in total. The number of nitrogens with two attached hydrogens (primary N) is 1.